The number of carbonyl (C=O) groups is 1. The zero-order valence-electron chi connectivity index (χ0n) is 17.4. The number of anilines is 2. The molecule has 11 nitrogen and oxygen atoms in total. The van der Waals surface area contributed by atoms with E-state index < -0.39 is 0 Å². The van der Waals surface area contributed by atoms with Crippen LogP contribution in [0, 0.1) is 0 Å². The highest BCUT2D eigenvalue weighted by atomic mass is 32.2. The van der Waals surface area contributed by atoms with E-state index in [0.29, 0.717) is 33.8 Å². The number of nitrogens with two attached hydrogens (primary N) is 1. The third-order valence-electron chi connectivity index (χ3n) is 4.48. The van der Waals surface area contributed by atoms with Gasteiger partial charge in [0.25, 0.3) is 5.95 Å². The number of benzene rings is 2. The van der Waals surface area contributed by atoms with Gasteiger partial charge >= 0.3 is 0 Å². The van der Waals surface area contributed by atoms with Crippen LogP contribution in [0.25, 0.3) is 0 Å². The van der Waals surface area contributed by atoms with E-state index in [9.17, 15) is 4.79 Å². The number of nitrogens with one attached hydrogen (secondary N) is 2. The van der Waals surface area contributed by atoms with Crippen LogP contribution in [0.4, 0.5) is 11.6 Å². The maximum absolute atomic E-state index is 12.2. The zero-order valence-corrected chi connectivity index (χ0v) is 18.2. The van der Waals surface area contributed by atoms with Gasteiger partial charge in [-0.15, -0.1) is 10.2 Å². The van der Waals surface area contributed by atoms with Crippen LogP contribution < -0.4 is 30.8 Å². The second kappa shape index (κ2) is 9.47. The summed E-state index contributed by atoms with van der Waals surface area (Å²) >= 11 is 1.16. The molecule has 0 saturated heterocycles. The predicted molar refractivity (Wildman–Crippen MR) is 121 cm³/mol. The van der Waals surface area contributed by atoms with Gasteiger partial charge in [-0.2, -0.15) is 5.10 Å². The number of ether oxygens (including phenoxy) is 3. The Bertz CT molecular complexity index is 1150. The van der Waals surface area contributed by atoms with Crippen molar-refractivity contribution in [2.45, 2.75) is 12.1 Å². The van der Waals surface area contributed by atoms with Crippen molar-refractivity contribution in [3.05, 3.63) is 48.0 Å². The zero-order chi connectivity index (χ0) is 22.5. The van der Waals surface area contributed by atoms with Crippen molar-refractivity contribution in [3.8, 4) is 17.2 Å². The predicted octanol–water partition coefficient (Wildman–Crippen LogP) is 2.30. The third-order valence-corrected chi connectivity index (χ3v) is 5.43. The van der Waals surface area contributed by atoms with Crippen molar-refractivity contribution in [1.29, 1.82) is 0 Å². The van der Waals surface area contributed by atoms with Crippen LogP contribution in [-0.2, 0) is 4.79 Å². The Morgan fingerprint density at radius 1 is 1.22 bits per heavy atom. The van der Waals surface area contributed by atoms with Gasteiger partial charge < -0.3 is 25.4 Å². The van der Waals surface area contributed by atoms with E-state index in [1.54, 1.807) is 31.4 Å². The van der Waals surface area contributed by atoms with Gasteiger partial charge in [0.05, 0.1) is 18.6 Å². The van der Waals surface area contributed by atoms with Gasteiger partial charge in [-0.25, -0.2) is 10.1 Å². The molecule has 1 aliphatic heterocycles. The van der Waals surface area contributed by atoms with E-state index in [1.807, 2.05) is 25.1 Å². The van der Waals surface area contributed by atoms with Crippen LogP contribution in [-0.4, -0.2) is 46.1 Å². The molecule has 0 saturated carbocycles. The second-order valence-electron chi connectivity index (χ2n) is 6.62. The molecule has 0 spiro atoms. The van der Waals surface area contributed by atoms with Gasteiger partial charge in [0.2, 0.25) is 17.9 Å². The minimum Gasteiger partial charge on any atom is -0.497 e. The molecule has 0 radical (unpaired) electrons. The molecule has 0 unspecified atom stereocenters. The van der Waals surface area contributed by atoms with Crippen molar-refractivity contribution in [1.82, 2.24) is 14.9 Å². The number of methoxy groups -OCH3 is 1. The molecule has 0 bridgehead atoms. The van der Waals surface area contributed by atoms with E-state index in [-0.39, 0.29) is 24.4 Å². The van der Waals surface area contributed by atoms with Gasteiger partial charge in [0.15, 0.2) is 11.5 Å². The summed E-state index contributed by atoms with van der Waals surface area (Å²) in [6.07, 6.45) is 0. The molecule has 166 valence electrons. The summed E-state index contributed by atoms with van der Waals surface area (Å²) in [5.41, 5.74) is 5.01. The lowest BCUT2D eigenvalue weighted by Gasteiger charge is -2.06. The Morgan fingerprint density at radius 2 is 2.00 bits per heavy atom. The molecule has 1 amide bonds. The first kappa shape index (κ1) is 21.3. The van der Waals surface area contributed by atoms with Crippen molar-refractivity contribution in [3.63, 3.8) is 0 Å². The number of nitrogens with zero attached hydrogens (tertiary/aromatic N) is 4. The fourth-order valence-corrected chi connectivity index (χ4v) is 3.43. The fraction of sp³-hybridized carbons (Fsp3) is 0.200. The number of amides is 1. The van der Waals surface area contributed by atoms with E-state index in [2.05, 4.69) is 26.0 Å². The SMILES string of the molecule is COc1ccc(NC(=O)CSc2nnc(N/N=C(\C)c3ccc4c(c3)OCO4)n2N)cc1. The van der Waals surface area contributed by atoms with Crippen molar-refractivity contribution in [2.75, 3.05) is 36.2 Å². The Kier molecular flexibility index (Phi) is 6.31. The normalized spacial score (nSPS) is 12.5. The molecule has 32 heavy (non-hydrogen) atoms. The number of fused-ring (bicyclic) bond motifs is 1. The summed E-state index contributed by atoms with van der Waals surface area (Å²) in [5.74, 6) is 8.27. The summed E-state index contributed by atoms with van der Waals surface area (Å²) in [6, 6.07) is 12.6. The first-order valence-corrected chi connectivity index (χ1v) is 10.5. The third kappa shape index (κ3) is 4.86. The van der Waals surface area contributed by atoms with Gasteiger partial charge in [-0.3, -0.25) is 4.79 Å². The smallest absolute Gasteiger partial charge is 0.264 e. The Hall–Kier alpha value is -3.93. The Balaban J connectivity index is 1.32. The van der Waals surface area contributed by atoms with E-state index in [0.717, 1.165) is 17.3 Å². The largest absolute Gasteiger partial charge is 0.497 e. The minimum absolute atomic E-state index is 0.112. The van der Waals surface area contributed by atoms with Gasteiger partial charge in [-0.05, 0) is 49.4 Å². The lowest BCUT2D eigenvalue weighted by atomic mass is 10.1. The average Bonchev–Trinajstić information content (AvgIpc) is 3.42. The lowest BCUT2D eigenvalue weighted by Crippen LogP contribution is -2.17. The minimum atomic E-state index is -0.200. The number of aromatic nitrogens is 3. The average molecular weight is 456 g/mol. The monoisotopic (exact) mass is 455 g/mol. The molecule has 1 aromatic heterocycles. The summed E-state index contributed by atoms with van der Waals surface area (Å²) in [5, 5.41) is 15.4. The number of hydrazone groups is 1. The molecule has 12 heteroatoms. The highest BCUT2D eigenvalue weighted by molar-refractivity contribution is 7.99. The van der Waals surface area contributed by atoms with Gasteiger partial charge in [0.1, 0.15) is 5.75 Å². The van der Waals surface area contributed by atoms with Crippen molar-refractivity contribution < 1.29 is 19.0 Å². The van der Waals surface area contributed by atoms with Crippen LogP contribution in [0.15, 0.2) is 52.7 Å². The van der Waals surface area contributed by atoms with Crippen LogP contribution >= 0.6 is 11.8 Å². The first-order valence-electron chi connectivity index (χ1n) is 9.51. The summed E-state index contributed by atoms with van der Waals surface area (Å²) in [6.45, 7) is 2.04. The highest BCUT2D eigenvalue weighted by Crippen LogP contribution is 2.32. The quantitative estimate of drug-likeness (QED) is 0.202. The van der Waals surface area contributed by atoms with Crippen molar-refractivity contribution in [2.24, 2.45) is 5.10 Å². The molecule has 4 rings (SSSR count). The summed E-state index contributed by atoms with van der Waals surface area (Å²) in [4.78, 5) is 12.2. The van der Waals surface area contributed by atoms with E-state index in [1.165, 1.54) is 4.68 Å². The number of carbonyl (C=O) groups excluding carboxylic acids is 1. The molecule has 2 heterocycles. The topological polar surface area (TPSA) is 138 Å². The standard InChI is InChI=1S/C20H21N7O4S/c1-12(13-3-8-16-17(9-13)31-11-30-16)23-24-19-25-26-20(27(19)21)32-10-18(28)22-14-4-6-15(29-2)7-5-14/h3-9H,10-11,21H2,1-2H3,(H,22,28)(H,24,25)/b23-12+. The molecular weight excluding hydrogens is 434 g/mol. The molecule has 0 aliphatic carbocycles. The number of hydrogen-bond donors (Lipinski definition) is 3. The molecule has 3 aromatic rings. The van der Waals surface area contributed by atoms with Crippen molar-refractivity contribution >= 4 is 35.0 Å². The molecule has 1 aliphatic rings. The lowest BCUT2D eigenvalue weighted by molar-refractivity contribution is -0.113. The maximum atomic E-state index is 12.2. The molecule has 0 fully saturated rings. The van der Waals surface area contributed by atoms with Gasteiger partial charge in [0, 0.05) is 11.3 Å². The van der Waals surface area contributed by atoms with Crippen LogP contribution in [0.1, 0.15) is 12.5 Å². The summed E-state index contributed by atoms with van der Waals surface area (Å²) in [7, 11) is 1.58. The van der Waals surface area contributed by atoms with Crippen LogP contribution in [0.3, 0.4) is 0 Å². The molecule has 4 N–H and O–H groups in total. The molecule has 0 atom stereocenters. The molecule has 2 aromatic carbocycles. The van der Waals surface area contributed by atoms with Crippen LogP contribution in [0.5, 0.6) is 17.2 Å². The maximum Gasteiger partial charge on any atom is 0.264 e. The van der Waals surface area contributed by atoms with E-state index in [4.69, 9.17) is 20.1 Å². The second-order valence-corrected chi connectivity index (χ2v) is 7.56. The first-order chi connectivity index (χ1) is 15.5. The number of rotatable bonds is 8. The highest BCUT2D eigenvalue weighted by Gasteiger charge is 2.15. The number of thioether (sulfide) groups is 1. The Morgan fingerprint density at radius 3 is 2.78 bits per heavy atom. The number of hydrogen-bond acceptors (Lipinski definition) is 10. The fourth-order valence-electron chi connectivity index (χ4n) is 2.77. The Labute approximate surface area is 187 Å². The van der Waals surface area contributed by atoms with Crippen LogP contribution in [0.2, 0.25) is 0 Å². The number of nitrogen functional groups attached to an aromatic ring is 1. The van der Waals surface area contributed by atoms with E-state index >= 15 is 0 Å². The molecular formula is C20H21N7O4S. The summed E-state index contributed by atoms with van der Waals surface area (Å²) < 4.78 is 17.0. The van der Waals surface area contributed by atoms with Gasteiger partial charge in [-0.1, -0.05) is 11.8 Å².